The van der Waals surface area contributed by atoms with Crippen molar-refractivity contribution in [2.45, 2.75) is 39.2 Å². The van der Waals surface area contributed by atoms with Crippen LogP contribution in [0, 0.1) is 17.8 Å². The summed E-state index contributed by atoms with van der Waals surface area (Å²) in [6.07, 6.45) is 1.97. The highest BCUT2D eigenvalue weighted by molar-refractivity contribution is 7.89. The highest BCUT2D eigenvalue weighted by Crippen LogP contribution is 2.39. The summed E-state index contributed by atoms with van der Waals surface area (Å²) in [7, 11) is -3.39. The Morgan fingerprint density at radius 1 is 1.48 bits per heavy atom. The number of rotatable bonds is 6. The number of nitrogens with zero attached hydrogens (tertiary/aromatic N) is 1. The van der Waals surface area contributed by atoms with Crippen LogP contribution in [0.2, 0.25) is 0 Å². The quantitative estimate of drug-likeness (QED) is 0.731. The molecule has 1 saturated carbocycles. The number of amides is 1. The molecule has 6 nitrogen and oxygen atoms in total. The molecule has 1 heterocycles. The average Bonchev–Trinajstić information content (AvgIpc) is 3.13. The van der Waals surface area contributed by atoms with Gasteiger partial charge in [-0.05, 0) is 38.0 Å². The van der Waals surface area contributed by atoms with Crippen molar-refractivity contribution in [1.29, 1.82) is 0 Å². The number of piperidine rings is 1. The molecule has 21 heavy (non-hydrogen) atoms. The Hall–Kier alpha value is -0.660. The summed E-state index contributed by atoms with van der Waals surface area (Å²) in [6.45, 7) is 4.95. The van der Waals surface area contributed by atoms with E-state index in [1.807, 2.05) is 4.90 Å². The van der Waals surface area contributed by atoms with Crippen LogP contribution in [0.3, 0.4) is 0 Å². The zero-order valence-corrected chi connectivity index (χ0v) is 13.6. The monoisotopic (exact) mass is 318 g/mol. The third kappa shape index (κ3) is 4.93. The number of likely N-dealkylation sites (tertiary alicyclic amines) is 1. The van der Waals surface area contributed by atoms with Gasteiger partial charge in [-0.3, -0.25) is 4.79 Å². The van der Waals surface area contributed by atoms with Crippen LogP contribution in [-0.4, -0.2) is 55.8 Å². The van der Waals surface area contributed by atoms with Crippen molar-refractivity contribution >= 4 is 15.9 Å². The Kier molecular flexibility index (Phi) is 5.27. The molecule has 2 fully saturated rings. The van der Waals surface area contributed by atoms with Gasteiger partial charge in [0.1, 0.15) is 0 Å². The van der Waals surface area contributed by atoms with Crippen molar-refractivity contribution in [2.75, 3.05) is 25.4 Å². The molecule has 0 spiro atoms. The zero-order chi connectivity index (χ0) is 15.6. The molecule has 0 bridgehead atoms. The number of sulfonamides is 1. The van der Waals surface area contributed by atoms with Gasteiger partial charge in [0.15, 0.2) is 0 Å². The molecule has 2 rings (SSSR count). The van der Waals surface area contributed by atoms with Gasteiger partial charge >= 0.3 is 0 Å². The Morgan fingerprint density at radius 3 is 2.71 bits per heavy atom. The van der Waals surface area contributed by atoms with Crippen LogP contribution in [0.5, 0.6) is 0 Å². The van der Waals surface area contributed by atoms with E-state index in [0.29, 0.717) is 12.5 Å². The third-order valence-corrected chi connectivity index (χ3v) is 5.83. The minimum atomic E-state index is -3.39. The molecular formula is C14H26N2O4S. The van der Waals surface area contributed by atoms with Crippen molar-refractivity contribution in [2.24, 2.45) is 17.8 Å². The van der Waals surface area contributed by atoms with E-state index in [1.54, 1.807) is 6.92 Å². The number of nitrogens with one attached hydrogen (secondary N) is 1. The maximum atomic E-state index is 12.2. The zero-order valence-electron chi connectivity index (χ0n) is 12.8. The third-order valence-electron chi connectivity index (χ3n) is 4.31. The molecule has 7 heteroatoms. The van der Waals surface area contributed by atoms with Gasteiger partial charge in [0.25, 0.3) is 0 Å². The maximum absolute atomic E-state index is 12.2. The maximum Gasteiger partial charge on any atom is 0.225 e. The van der Waals surface area contributed by atoms with Crippen molar-refractivity contribution < 1.29 is 18.3 Å². The van der Waals surface area contributed by atoms with Gasteiger partial charge < -0.3 is 10.0 Å². The predicted octanol–water partition coefficient (Wildman–Crippen LogP) is 0.181. The van der Waals surface area contributed by atoms with E-state index in [0.717, 1.165) is 25.8 Å². The van der Waals surface area contributed by atoms with E-state index in [9.17, 15) is 13.2 Å². The number of carbonyl (C=O) groups excluding carboxylic acids is 1. The van der Waals surface area contributed by atoms with Crippen LogP contribution in [0.4, 0.5) is 0 Å². The molecule has 0 aromatic carbocycles. The molecule has 0 radical (unpaired) electrons. The minimum Gasteiger partial charge on any atom is -0.392 e. The number of hydrogen-bond donors (Lipinski definition) is 2. The number of hydrogen-bond acceptors (Lipinski definition) is 4. The highest BCUT2D eigenvalue weighted by atomic mass is 32.2. The van der Waals surface area contributed by atoms with Crippen LogP contribution in [0.15, 0.2) is 0 Å². The largest absolute Gasteiger partial charge is 0.392 e. The van der Waals surface area contributed by atoms with Gasteiger partial charge in [0.2, 0.25) is 15.9 Å². The molecule has 2 N–H and O–H groups in total. The Morgan fingerprint density at radius 2 is 2.14 bits per heavy atom. The van der Waals surface area contributed by atoms with Gasteiger partial charge in [-0.2, -0.15) is 0 Å². The Labute approximate surface area is 126 Å². The molecule has 1 aliphatic heterocycles. The second-order valence-corrected chi connectivity index (χ2v) is 8.44. The molecule has 2 aliphatic rings. The van der Waals surface area contributed by atoms with Gasteiger partial charge in [0.05, 0.1) is 11.9 Å². The lowest BCUT2D eigenvalue weighted by Crippen LogP contribution is -2.44. The lowest BCUT2D eigenvalue weighted by Gasteiger charge is -2.33. The van der Waals surface area contributed by atoms with Gasteiger partial charge in [-0.1, -0.05) is 6.92 Å². The number of aliphatic hydroxyl groups is 1. The SMILES string of the molecule is C[C@H](O)CNS(=O)(=O)C[C@@H]1CCCN(C(=O)[C@H]2C[C@H]2C)C1. The Balaban J connectivity index is 1.85. The standard InChI is InChI=1S/C14H26N2O4S/c1-10-6-13(10)14(18)16-5-3-4-12(8-16)9-21(19,20)15-7-11(2)17/h10-13,15,17H,3-9H2,1-2H3/t10-,11+,12-,13+/m1/s1. The minimum absolute atomic E-state index is 0.0109. The molecule has 0 aromatic rings. The first-order chi connectivity index (χ1) is 9.78. The van der Waals surface area contributed by atoms with Crippen LogP contribution >= 0.6 is 0 Å². The lowest BCUT2D eigenvalue weighted by molar-refractivity contribution is -0.134. The van der Waals surface area contributed by atoms with Crippen molar-refractivity contribution in [3.63, 3.8) is 0 Å². The fourth-order valence-electron chi connectivity index (χ4n) is 2.92. The number of aliphatic hydroxyl groups excluding tert-OH is 1. The fraction of sp³-hybridized carbons (Fsp3) is 0.929. The first-order valence-electron chi connectivity index (χ1n) is 7.72. The van der Waals surface area contributed by atoms with E-state index in [1.165, 1.54) is 0 Å². The summed E-state index contributed by atoms with van der Waals surface area (Å²) in [5.74, 6) is 0.858. The predicted molar refractivity (Wildman–Crippen MR) is 80.0 cm³/mol. The topological polar surface area (TPSA) is 86.7 Å². The highest BCUT2D eigenvalue weighted by Gasteiger charge is 2.42. The molecule has 1 saturated heterocycles. The average molecular weight is 318 g/mol. The van der Waals surface area contributed by atoms with Gasteiger partial charge in [0, 0.05) is 25.6 Å². The van der Waals surface area contributed by atoms with Crippen LogP contribution < -0.4 is 4.72 Å². The second kappa shape index (κ2) is 6.62. The molecule has 122 valence electrons. The van der Waals surface area contributed by atoms with Crippen molar-refractivity contribution in [1.82, 2.24) is 9.62 Å². The first-order valence-corrected chi connectivity index (χ1v) is 9.38. The summed E-state index contributed by atoms with van der Waals surface area (Å²) < 4.78 is 26.3. The molecule has 0 unspecified atom stereocenters. The normalized spacial score (nSPS) is 31.0. The van der Waals surface area contributed by atoms with E-state index in [2.05, 4.69) is 11.6 Å². The van der Waals surface area contributed by atoms with E-state index in [4.69, 9.17) is 5.11 Å². The van der Waals surface area contributed by atoms with Gasteiger partial charge in [-0.25, -0.2) is 13.1 Å². The second-order valence-electron chi connectivity index (χ2n) is 6.59. The Bertz CT molecular complexity index is 477. The number of carbonyl (C=O) groups is 1. The molecule has 0 aromatic heterocycles. The molecule has 1 amide bonds. The first kappa shape index (κ1) is 16.7. The fourth-order valence-corrected chi connectivity index (χ4v) is 4.42. The lowest BCUT2D eigenvalue weighted by atomic mass is 9.99. The van der Waals surface area contributed by atoms with Crippen LogP contribution in [0.25, 0.3) is 0 Å². The van der Waals surface area contributed by atoms with Crippen molar-refractivity contribution in [3.8, 4) is 0 Å². The van der Waals surface area contributed by atoms with Gasteiger partial charge in [-0.15, -0.1) is 0 Å². The summed E-state index contributed by atoms with van der Waals surface area (Å²) in [4.78, 5) is 14.1. The van der Waals surface area contributed by atoms with Crippen LogP contribution in [0.1, 0.15) is 33.1 Å². The van der Waals surface area contributed by atoms with E-state index >= 15 is 0 Å². The van der Waals surface area contributed by atoms with E-state index in [-0.39, 0.29) is 30.0 Å². The molecule has 1 aliphatic carbocycles. The van der Waals surface area contributed by atoms with Crippen molar-refractivity contribution in [3.05, 3.63) is 0 Å². The van der Waals surface area contributed by atoms with Crippen LogP contribution in [-0.2, 0) is 14.8 Å². The van der Waals surface area contributed by atoms with E-state index < -0.39 is 16.1 Å². The summed E-state index contributed by atoms with van der Waals surface area (Å²) >= 11 is 0. The summed E-state index contributed by atoms with van der Waals surface area (Å²) in [5, 5.41) is 9.15. The summed E-state index contributed by atoms with van der Waals surface area (Å²) in [5.41, 5.74) is 0. The smallest absolute Gasteiger partial charge is 0.225 e. The molecular weight excluding hydrogens is 292 g/mol. The molecule has 4 atom stereocenters. The summed E-state index contributed by atoms with van der Waals surface area (Å²) in [6, 6.07) is 0.